The Morgan fingerprint density at radius 2 is 2.22 bits per heavy atom. The van der Waals surface area contributed by atoms with Gasteiger partial charge in [-0.2, -0.15) is 0 Å². The molecule has 0 aliphatic carbocycles. The van der Waals surface area contributed by atoms with Gasteiger partial charge in [-0.05, 0) is 12.1 Å². The van der Waals surface area contributed by atoms with Crippen molar-refractivity contribution in [2.24, 2.45) is 0 Å². The van der Waals surface area contributed by atoms with Crippen LogP contribution >= 0.6 is 11.6 Å². The van der Waals surface area contributed by atoms with E-state index >= 15 is 0 Å². The predicted octanol–water partition coefficient (Wildman–Crippen LogP) is 1.22. The van der Waals surface area contributed by atoms with E-state index in [1.54, 1.807) is 12.1 Å². The first-order valence-corrected chi connectivity index (χ1v) is 6.22. The Balaban J connectivity index is 1.72. The predicted molar refractivity (Wildman–Crippen MR) is 66.8 cm³/mol. The normalized spacial score (nSPS) is 16.5. The number of rotatable bonds is 4. The second-order valence-electron chi connectivity index (χ2n) is 3.96. The molecule has 0 unspecified atom stereocenters. The monoisotopic (exact) mass is 270 g/mol. The van der Waals surface area contributed by atoms with Crippen LogP contribution in [0.2, 0.25) is 5.15 Å². The van der Waals surface area contributed by atoms with Crippen LogP contribution in [0.25, 0.3) is 0 Å². The number of esters is 1. The summed E-state index contributed by atoms with van der Waals surface area (Å²) >= 11 is 5.64. The molecule has 0 atom stereocenters. The summed E-state index contributed by atoms with van der Waals surface area (Å²) in [5, 5.41) is 0.361. The van der Waals surface area contributed by atoms with E-state index in [2.05, 4.69) is 9.88 Å². The summed E-state index contributed by atoms with van der Waals surface area (Å²) in [6.45, 7) is 4.38. The van der Waals surface area contributed by atoms with E-state index in [0.717, 1.165) is 32.8 Å². The second-order valence-corrected chi connectivity index (χ2v) is 4.35. The van der Waals surface area contributed by atoms with Crippen LogP contribution in [0.4, 0.5) is 0 Å². The highest BCUT2D eigenvalue weighted by Crippen LogP contribution is 2.06. The lowest BCUT2D eigenvalue weighted by Crippen LogP contribution is -2.38. The Labute approximate surface area is 111 Å². The molecule has 2 heterocycles. The lowest BCUT2D eigenvalue weighted by Gasteiger charge is -2.26. The zero-order valence-electron chi connectivity index (χ0n) is 9.97. The minimum Gasteiger partial charge on any atom is -0.461 e. The smallest absolute Gasteiger partial charge is 0.339 e. The molecule has 18 heavy (non-hydrogen) atoms. The van der Waals surface area contributed by atoms with Crippen LogP contribution in [0.1, 0.15) is 10.4 Å². The largest absolute Gasteiger partial charge is 0.461 e. The van der Waals surface area contributed by atoms with Gasteiger partial charge in [0.2, 0.25) is 0 Å². The first kappa shape index (κ1) is 13.3. The third kappa shape index (κ3) is 3.94. The minimum absolute atomic E-state index is 0.361. The molecular weight excluding hydrogens is 256 g/mol. The fourth-order valence-electron chi connectivity index (χ4n) is 1.67. The van der Waals surface area contributed by atoms with E-state index in [1.807, 2.05) is 0 Å². The standard InChI is InChI=1S/C12H15ClN2O3/c13-11-2-1-10(9-14-11)12(16)18-8-5-15-3-6-17-7-4-15/h1-2,9H,3-8H2. The van der Waals surface area contributed by atoms with Crippen molar-refractivity contribution < 1.29 is 14.3 Å². The molecule has 5 nitrogen and oxygen atoms in total. The van der Waals surface area contributed by atoms with Crippen LogP contribution in [0.3, 0.4) is 0 Å². The van der Waals surface area contributed by atoms with E-state index in [9.17, 15) is 4.79 Å². The average Bonchev–Trinajstić information content (AvgIpc) is 2.40. The SMILES string of the molecule is O=C(OCCN1CCOCC1)c1ccc(Cl)nc1. The average molecular weight is 271 g/mol. The van der Waals surface area contributed by atoms with Crippen LogP contribution in [0, 0.1) is 0 Å². The molecule has 1 saturated heterocycles. The number of aromatic nitrogens is 1. The summed E-state index contributed by atoms with van der Waals surface area (Å²) in [5.41, 5.74) is 0.418. The fourth-order valence-corrected chi connectivity index (χ4v) is 1.78. The van der Waals surface area contributed by atoms with E-state index in [-0.39, 0.29) is 5.97 Å². The Kier molecular flexibility index (Phi) is 4.92. The maximum Gasteiger partial charge on any atom is 0.339 e. The number of hydrogen-bond acceptors (Lipinski definition) is 5. The van der Waals surface area contributed by atoms with Gasteiger partial charge >= 0.3 is 5.97 Å². The highest BCUT2D eigenvalue weighted by atomic mass is 35.5. The molecule has 1 aliphatic heterocycles. The van der Waals surface area contributed by atoms with Gasteiger partial charge in [0.25, 0.3) is 0 Å². The van der Waals surface area contributed by atoms with Gasteiger partial charge < -0.3 is 9.47 Å². The molecule has 0 N–H and O–H groups in total. The Bertz CT molecular complexity index is 391. The minimum atomic E-state index is -0.368. The van der Waals surface area contributed by atoms with Gasteiger partial charge in [-0.25, -0.2) is 9.78 Å². The third-order valence-corrected chi connectivity index (χ3v) is 2.93. The van der Waals surface area contributed by atoms with Gasteiger partial charge in [0.1, 0.15) is 11.8 Å². The van der Waals surface area contributed by atoms with Gasteiger partial charge in [0.15, 0.2) is 0 Å². The summed E-state index contributed by atoms with van der Waals surface area (Å²) < 4.78 is 10.4. The number of carbonyl (C=O) groups is 1. The molecule has 1 aromatic heterocycles. The van der Waals surface area contributed by atoms with Gasteiger partial charge in [0.05, 0.1) is 18.8 Å². The number of nitrogens with zero attached hydrogens (tertiary/aromatic N) is 2. The summed E-state index contributed by atoms with van der Waals surface area (Å²) in [6.07, 6.45) is 1.42. The van der Waals surface area contributed by atoms with E-state index in [1.165, 1.54) is 6.20 Å². The number of hydrogen-bond donors (Lipinski definition) is 0. The molecular formula is C12H15ClN2O3. The molecule has 0 radical (unpaired) electrons. The zero-order valence-corrected chi connectivity index (χ0v) is 10.7. The number of carbonyl (C=O) groups excluding carboxylic acids is 1. The Morgan fingerprint density at radius 1 is 1.44 bits per heavy atom. The maximum atomic E-state index is 11.6. The summed E-state index contributed by atoms with van der Waals surface area (Å²) in [4.78, 5) is 17.7. The van der Waals surface area contributed by atoms with Gasteiger partial charge in [-0.3, -0.25) is 4.90 Å². The lowest BCUT2D eigenvalue weighted by atomic mass is 10.3. The third-order valence-electron chi connectivity index (χ3n) is 2.71. The van der Waals surface area contributed by atoms with Crippen molar-refractivity contribution in [2.45, 2.75) is 0 Å². The maximum absolute atomic E-state index is 11.6. The molecule has 0 bridgehead atoms. The number of ether oxygens (including phenoxy) is 2. The first-order valence-electron chi connectivity index (χ1n) is 5.84. The van der Waals surface area contributed by atoms with E-state index in [0.29, 0.717) is 17.3 Å². The van der Waals surface area contributed by atoms with Crippen LogP contribution in [0.15, 0.2) is 18.3 Å². The van der Waals surface area contributed by atoms with Crippen LogP contribution < -0.4 is 0 Å². The summed E-state index contributed by atoms with van der Waals surface area (Å²) in [7, 11) is 0. The fraction of sp³-hybridized carbons (Fsp3) is 0.500. The van der Waals surface area contributed by atoms with Crippen LogP contribution in [0.5, 0.6) is 0 Å². The molecule has 0 aromatic carbocycles. The number of pyridine rings is 1. The van der Waals surface area contributed by atoms with Crippen molar-refractivity contribution in [3.8, 4) is 0 Å². The summed E-state index contributed by atoms with van der Waals surface area (Å²) in [5.74, 6) is -0.368. The highest BCUT2D eigenvalue weighted by molar-refractivity contribution is 6.29. The van der Waals surface area contributed by atoms with Gasteiger partial charge in [-0.1, -0.05) is 11.6 Å². The molecule has 1 aliphatic rings. The summed E-state index contributed by atoms with van der Waals surface area (Å²) in [6, 6.07) is 3.17. The number of morpholine rings is 1. The Hall–Kier alpha value is -1.17. The van der Waals surface area contributed by atoms with E-state index < -0.39 is 0 Å². The molecule has 1 aromatic rings. The van der Waals surface area contributed by atoms with Crippen LogP contribution in [-0.2, 0) is 9.47 Å². The molecule has 1 fully saturated rings. The highest BCUT2D eigenvalue weighted by Gasteiger charge is 2.12. The Morgan fingerprint density at radius 3 is 2.89 bits per heavy atom. The quantitative estimate of drug-likeness (QED) is 0.608. The van der Waals surface area contributed by atoms with Crippen molar-refractivity contribution in [1.29, 1.82) is 0 Å². The molecule has 98 valence electrons. The topological polar surface area (TPSA) is 51.7 Å². The van der Waals surface area contributed by atoms with Crippen molar-refractivity contribution in [2.75, 3.05) is 39.5 Å². The van der Waals surface area contributed by atoms with Crippen molar-refractivity contribution >= 4 is 17.6 Å². The van der Waals surface area contributed by atoms with Crippen LogP contribution in [-0.4, -0.2) is 55.3 Å². The van der Waals surface area contributed by atoms with Crippen molar-refractivity contribution in [3.63, 3.8) is 0 Å². The molecule has 0 spiro atoms. The molecule has 2 rings (SSSR count). The second kappa shape index (κ2) is 6.68. The molecule has 6 heteroatoms. The first-order chi connectivity index (χ1) is 8.75. The van der Waals surface area contributed by atoms with Crippen molar-refractivity contribution in [3.05, 3.63) is 29.0 Å². The van der Waals surface area contributed by atoms with E-state index in [4.69, 9.17) is 21.1 Å². The van der Waals surface area contributed by atoms with Crippen molar-refractivity contribution in [1.82, 2.24) is 9.88 Å². The van der Waals surface area contributed by atoms with Gasteiger partial charge in [0, 0.05) is 25.8 Å². The molecule has 0 saturated carbocycles. The van der Waals surface area contributed by atoms with Gasteiger partial charge in [-0.15, -0.1) is 0 Å². The molecule has 0 amide bonds. The zero-order chi connectivity index (χ0) is 12.8. The lowest BCUT2D eigenvalue weighted by molar-refractivity contribution is 0.0195. The number of halogens is 1.